The number of H-pyrrole nitrogens is 2. The van der Waals surface area contributed by atoms with Gasteiger partial charge in [-0.05, 0) is 50.3 Å². The van der Waals surface area contributed by atoms with Gasteiger partial charge in [-0.25, -0.2) is 4.98 Å². The fourth-order valence-corrected chi connectivity index (χ4v) is 4.22. The van der Waals surface area contributed by atoms with E-state index in [4.69, 9.17) is 0 Å². The molecule has 2 N–H and O–H groups in total. The van der Waals surface area contributed by atoms with Gasteiger partial charge in [0.2, 0.25) is 5.91 Å². The number of aromatic nitrogens is 3. The van der Waals surface area contributed by atoms with Crippen molar-refractivity contribution in [2.24, 2.45) is 0 Å². The van der Waals surface area contributed by atoms with E-state index in [0.717, 1.165) is 48.5 Å². The Labute approximate surface area is 153 Å². The van der Waals surface area contributed by atoms with E-state index >= 15 is 0 Å². The minimum atomic E-state index is 0.214. The molecule has 136 valence electrons. The van der Waals surface area contributed by atoms with Crippen molar-refractivity contribution in [2.75, 3.05) is 13.1 Å². The molecule has 1 saturated heterocycles. The molecule has 1 fully saturated rings. The third kappa shape index (κ3) is 2.91. The molecule has 1 aliphatic rings. The number of rotatable bonds is 3. The van der Waals surface area contributed by atoms with Crippen molar-refractivity contribution in [1.82, 2.24) is 19.9 Å². The first-order valence-corrected chi connectivity index (χ1v) is 9.39. The quantitative estimate of drug-likeness (QED) is 0.755. The van der Waals surface area contributed by atoms with Gasteiger partial charge < -0.3 is 14.9 Å². The van der Waals surface area contributed by atoms with Gasteiger partial charge in [0.05, 0.1) is 6.42 Å². The molecule has 1 aliphatic heterocycles. The second-order valence-electron chi connectivity index (χ2n) is 7.51. The number of piperidine rings is 1. The Morgan fingerprint density at radius 1 is 1.27 bits per heavy atom. The highest BCUT2D eigenvalue weighted by Gasteiger charge is 2.27. The summed E-state index contributed by atoms with van der Waals surface area (Å²) in [6.07, 6.45) is 6.22. The van der Waals surface area contributed by atoms with E-state index in [-0.39, 0.29) is 5.91 Å². The second-order valence-corrected chi connectivity index (χ2v) is 7.51. The van der Waals surface area contributed by atoms with Gasteiger partial charge in [0.15, 0.2) is 0 Å². The summed E-state index contributed by atoms with van der Waals surface area (Å²) in [5, 5.41) is 1.22. The first-order valence-electron chi connectivity index (χ1n) is 9.39. The van der Waals surface area contributed by atoms with Crippen LogP contribution in [0, 0.1) is 20.8 Å². The minimum Gasteiger partial charge on any atom is -0.358 e. The number of amides is 1. The van der Waals surface area contributed by atoms with Crippen LogP contribution in [0.4, 0.5) is 0 Å². The Bertz CT molecular complexity index is 939. The molecule has 1 amide bonds. The zero-order valence-corrected chi connectivity index (χ0v) is 15.7. The van der Waals surface area contributed by atoms with Crippen LogP contribution >= 0.6 is 0 Å². The predicted octanol–water partition coefficient (Wildman–Crippen LogP) is 3.76. The molecule has 3 heterocycles. The summed E-state index contributed by atoms with van der Waals surface area (Å²) in [4.78, 5) is 26.2. The topological polar surface area (TPSA) is 64.8 Å². The summed E-state index contributed by atoms with van der Waals surface area (Å²) in [5.41, 5.74) is 5.86. The fraction of sp³-hybridized carbons (Fsp3) is 0.429. The number of likely N-dealkylation sites (tertiary alicyclic amines) is 1. The number of fused-ring (bicyclic) bond motifs is 1. The SMILES string of the molecule is Cc1[nH]c2c(C)ccc(C)c2c1CC(=O)N1CCC[C@H](c2ncc[nH]2)C1. The molecule has 1 aromatic carbocycles. The lowest BCUT2D eigenvalue weighted by molar-refractivity contribution is -0.131. The predicted molar refractivity (Wildman–Crippen MR) is 103 cm³/mol. The molecule has 5 heteroatoms. The van der Waals surface area contributed by atoms with Crippen molar-refractivity contribution in [2.45, 2.75) is 46.0 Å². The molecule has 0 saturated carbocycles. The third-order valence-corrected chi connectivity index (χ3v) is 5.70. The summed E-state index contributed by atoms with van der Waals surface area (Å²) >= 11 is 0. The molecule has 0 radical (unpaired) electrons. The number of nitrogens with one attached hydrogen (secondary N) is 2. The number of carbonyl (C=O) groups excluding carboxylic acids is 1. The minimum absolute atomic E-state index is 0.214. The van der Waals surface area contributed by atoms with Gasteiger partial charge in [0.25, 0.3) is 0 Å². The van der Waals surface area contributed by atoms with Gasteiger partial charge in [-0.3, -0.25) is 4.79 Å². The first-order chi connectivity index (χ1) is 12.5. The summed E-state index contributed by atoms with van der Waals surface area (Å²) < 4.78 is 0. The van der Waals surface area contributed by atoms with Crippen molar-refractivity contribution >= 4 is 16.8 Å². The highest BCUT2D eigenvalue weighted by atomic mass is 16.2. The average molecular weight is 350 g/mol. The number of benzene rings is 1. The van der Waals surface area contributed by atoms with E-state index in [1.807, 2.05) is 11.1 Å². The molecule has 4 rings (SSSR count). The summed E-state index contributed by atoms with van der Waals surface area (Å²) in [5.74, 6) is 1.53. The van der Waals surface area contributed by atoms with Crippen molar-refractivity contribution in [3.8, 4) is 0 Å². The number of imidazole rings is 1. The molecule has 0 unspecified atom stereocenters. The summed E-state index contributed by atoms with van der Waals surface area (Å²) in [6.45, 7) is 7.91. The highest BCUT2D eigenvalue weighted by Crippen LogP contribution is 2.30. The van der Waals surface area contributed by atoms with Gasteiger partial charge in [-0.15, -0.1) is 0 Å². The molecule has 0 spiro atoms. The molecule has 0 bridgehead atoms. The maximum Gasteiger partial charge on any atom is 0.227 e. The molecular weight excluding hydrogens is 324 g/mol. The number of carbonyl (C=O) groups is 1. The van der Waals surface area contributed by atoms with Crippen LogP contribution in [-0.2, 0) is 11.2 Å². The Hall–Kier alpha value is -2.56. The van der Waals surface area contributed by atoms with Crippen LogP contribution in [0.1, 0.15) is 47.0 Å². The second kappa shape index (κ2) is 6.63. The maximum atomic E-state index is 13.1. The zero-order valence-electron chi connectivity index (χ0n) is 15.7. The number of aromatic amines is 2. The zero-order chi connectivity index (χ0) is 18.3. The molecule has 5 nitrogen and oxygen atoms in total. The average Bonchev–Trinajstić information content (AvgIpc) is 3.28. The van der Waals surface area contributed by atoms with Gasteiger partial charge >= 0.3 is 0 Å². The van der Waals surface area contributed by atoms with E-state index in [0.29, 0.717) is 12.3 Å². The van der Waals surface area contributed by atoms with Crippen LogP contribution in [0.2, 0.25) is 0 Å². The Morgan fingerprint density at radius 2 is 2.08 bits per heavy atom. The van der Waals surface area contributed by atoms with E-state index in [1.54, 1.807) is 6.20 Å². The first kappa shape index (κ1) is 16.9. The lowest BCUT2D eigenvalue weighted by Crippen LogP contribution is -2.40. The monoisotopic (exact) mass is 350 g/mol. The lowest BCUT2D eigenvalue weighted by atomic mass is 9.96. The molecule has 26 heavy (non-hydrogen) atoms. The number of nitrogens with zero attached hydrogens (tertiary/aromatic N) is 2. The largest absolute Gasteiger partial charge is 0.358 e. The highest BCUT2D eigenvalue weighted by molar-refractivity contribution is 5.93. The van der Waals surface area contributed by atoms with Gasteiger partial charge in [-0.1, -0.05) is 12.1 Å². The Morgan fingerprint density at radius 3 is 2.85 bits per heavy atom. The summed E-state index contributed by atoms with van der Waals surface area (Å²) in [7, 11) is 0. The van der Waals surface area contributed by atoms with Gasteiger partial charge in [0, 0.05) is 48.0 Å². The number of hydrogen-bond donors (Lipinski definition) is 2. The molecule has 2 aromatic heterocycles. The van der Waals surface area contributed by atoms with Crippen LogP contribution in [0.5, 0.6) is 0 Å². The molecular formula is C21H26N4O. The Balaban J connectivity index is 1.58. The van der Waals surface area contributed by atoms with Crippen LogP contribution in [0.3, 0.4) is 0 Å². The molecule has 1 atom stereocenters. The van der Waals surface area contributed by atoms with Crippen molar-refractivity contribution < 1.29 is 4.79 Å². The third-order valence-electron chi connectivity index (χ3n) is 5.70. The van der Waals surface area contributed by atoms with Gasteiger partial charge in [0.1, 0.15) is 5.82 Å². The van der Waals surface area contributed by atoms with Crippen molar-refractivity contribution in [3.05, 3.63) is 52.7 Å². The van der Waals surface area contributed by atoms with E-state index in [1.165, 1.54) is 16.5 Å². The normalized spacial score (nSPS) is 17.8. The van der Waals surface area contributed by atoms with Crippen LogP contribution < -0.4 is 0 Å². The van der Waals surface area contributed by atoms with Crippen LogP contribution in [0.25, 0.3) is 10.9 Å². The van der Waals surface area contributed by atoms with Gasteiger partial charge in [-0.2, -0.15) is 0 Å². The Kier molecular flexibility index (Phi) is 4.31. The smallest absolute Gasteiger partial charge is 0.227 e. The number of aryl methyl sites for hydroxylation is 3. The fourth-order valence-electron chi connectivity index (χ4n) is 4.22. The van der Waals surface area contributed by atoms with E-state index in [9.17, 15) is 4.79 Å². The van der Waals surface area contributed by atoms with Crippen LogP contribution in [-0.4, -0.2) is 38.8 Å². The lowest BCUT2D eigenvalue weighted by Gasteiger charge is -2.32. The standard InChI is InChI=1S/C21H26N4O/c1-13-6-7-14(2)20-19(13)17(15(3)24-20)11-18(26)25-10-4-5-16(12-25)21-22-8-9-23-21/h6-9,16,24H,4-5,10-12H2,1-3H3,(H,22,23)/t16-/m0/s1. The summed E-state index contributed by atoms with van der Waals surface area (Å²) in [6, 6.07) is 4.28. The number of hydrogen-bond acceptors (Lipinski definition) is 2. The van der Waals surface area contributed by atoms with Crippen molar-refractivity contribution in [1.29, 1.82) is 0 Å². The van der Waals surface area contributed by atoms with E-state index < -0.39 is 0 Å². The molecule has 3 aromatic rings. The van der Waals surface area contributed by atoms with E-state index in [2.05, 4.69) is 47.9 Å². The van der Waals surface area contributed by atoms with Crippen LogP contribution in [0.15, 0.2) is 24.5 Å². The maximum absolute atomic E-state index is 13.1. The molecule has 0 aliphatic carbocycles. The van der Waals surface area contributed by atoms with Crippen molar-refractivity contribution in [3.63, 3.8) is 0 Å².